The van der Waals surface area contributed by atoms with Gasteiger partial charge in [-0.15, -0.1) is 0 Å². The van der Waals surface area contributed by atoms with Crippen molar-refractivity contribution in [3.8, 4) is 17.0 Å². The highest BCUT2D eigenvalue weighted by Crippen LogP contribution is 2.23. The zero-order chi connectivity index (χ0) is 18.6. The molecule has 0 aliphatic carbocycles. The molecule has 0 unspecified atom stereocenters. The summed E-state index contributed by atoms with van der Waals surface area (Å²) < 4.78 is 42.0. The molecule has 1 heterocycles. The summed E-state index contributed by atoms with van der Waals surface area (Å²) in [5.74, 6) is 0.269. The van der Waals surface area contributed by atoms with Crippen molar-refractivity contribution in [2.75, 3.05) is 6.26 Å². The third-order valence-corrected chi connectivity index (χ3v) is 4.59. The molecule has 0 aliphatic rings. The monoisotopic (exact) mass is 371 g/mol. The number of ether oxygens (including phenoxy) is 1. The summed E-state index contributed by atoms with van der Waals surface area (Å²) in [4.78, 5) is 4.33. The van der Waals surface area contributed by atoms with Gasteiger partial charge in [-0.05, 0) is 29.8 Å². The van der Waals surface area contributed by atoms with E-state index in [9.17, 15) is 12.8 Å². The molecule has 4 nitrogen and oxygen atoms in total. The van der Waals surface area contributed by atoms with Crippen LogP contribution in [0.25, 0.3) is 11.3 Å². The molecular weight excluding hydrogens is 353 g/mol. The molecule has 0 fully saturated rings. The summed E-state index contributed by atoms with van der Waals surface area (Å²) in [7, 11) is -3.09. The molecule has 3 rings (SSSR count). The third kappa shape index (κ3) is 4.89. The first kappa shape index (κ1) is 18.1. The van der Waals surface area contributed by atoms with Crippen molar-refractivity contribution < 1.29 is 17.5 Å². The van der Waals surface area contributed by atoms with Crippen molar-refractivity contribution in [2.24, 2.45) is 0 Å². The second kappa shape index (κ2) is 7.66. The molecule has 0 bridgehead atoms. The number of nitrogens with zero attached hydrogens (tertiary/aromatic N) is 1. The van der Waals surface area contributed by atoms with Crippen LogP contribution in [0.5, 0.6) is 5.75 Å². The van der Waals surface area contributed by atoms with Crippen LogP contribution in [0.3, 0.4) is 0 Å². The number of rotatable bonds is 6. The van der Waals surface area contributed by atoms with E-state index in [0.29, 0.717) is 22.6 Å². The Morgan fingerprint density at radius 1 is 1.04 bits per heavy atom. The van der Waals surface area contributed by atoms with Gasteiger partial charge in [0.1, 0.15) is 18.2 Å². The minimum atomic E-state index is -3.09. The summed E-state index contributed by atoms with van der Waals surface area (Å²) in [5.41, 5.74) is 2.67. The molecule has 2 aromatic carbocycles. The van der Waals surface area contributed by atoms with E-state index in [1.807, 2.05) is 18.2 Å². The second-order valence-corrected chi connectivity index (χ2v) is 8.17. The van der Waals surface area contributed by atoms with Crippen LogP contribution in [-0.2, 0) is 22.2 Å². The van der Waals surface area contributed by atoms with E-state index < -0.39 is 9.84 Å². The van der Waals surface area contributed by atoms with Gasteiger partial charge in [0.15, 0.2) is 9.84 Å². The number of halogens is 1. The highest BCUT2D eigenvalue weighted by molar-refractivity contribution is 7.89. The predicted octanol–water partition coefficient (Wildman–Crippen LogP) is 4.01. The third-order valence-electron chi connectivity index (χ3n) is 3.74. The molecule has 0 saturated carbocycles. The van der Waals surface area contributed by atoms with Gasteiger partial charge in [-0.3, -0.25) is 4.98 Å². The van der Waals surface area contributed by atoms with Crippen molar-refractivity contribution in [3.05, 3.63) is 83.8 Å². The van der Waals surface area contributed by atoms with Gasteiger partial charge in [0.05, 0.1) is 11.4 Å². The largest absolute Gasteiger partial charge is 0.489 e. The quantitative estimate of drug-likeness (QED) is 0.657. The lowest BCUT2D eigenvalue weighted by Gasteiger charge is -2.09. The Morgan fingerprint density at radius 2 is 1.85 bits per heavy atom. The Bertz CT molecular complexity index is 1000. The Hall–Kier alpha value is -2.73. The summed E-state index contributed by atoms with van der Waals surface area (Å²) >= 11 is 0. The Kier molecular flexibility index (Phi) is 5.32. The van der Waals surface area contributed by atoms with Gasteiger partial charge in [-0.2, -0.15) is 0 Å². The minimum Gasteiger partial charge on any atom is -0.489 e. The van der Waals surface area contributed by atoms with Gasteiger partial charge in [-0.25, -0.2) is 12.8 Å². The van der Waals surface area contributed by atoms with E-state index in [4.69, 9.17) is 4.74 Å². The minimum absolute atomic E-state index is 0.0356. The average Bonchev–Trinajstić information content (AvgIpc) is 2.61. The molecule has 3 aromatic rings. The molecular formula is C20H18FNO3S. The molecule has 0 saturated heterocycles. The van der Waals surface area contributed by atoms with Crippen molar-refractivity contribution in [1.29, 1.82) is 0 Å². The molecule has 0 amide bonds. The molecule has 0 atom stereocenters. The van der Waals surface area contributed by atoms with Crippen molar-refractivity contribution in [1.82, 2.24) is 4.98 Å². The molecule has 1 aromatic heterocycles. The maximum absolute atomic E-state index is 13.7. The SMILES string of the molecule is CS(=O)(=O)Cc1ccc(-c2cccc(OCc3ccccc3F)c2)nc1. The summed E-state index contributed by atoms with van der Waals surface area (Å²) in [5, 5.41) is 0. The first-order chi connectivity index (χ1) is 12.4. The molecule has 0 aliphatic heterocycles. The van der Waals surface area contributed by atoms with Gasteiger partial charge < -0.3 is 4.74 Å². The van der Waals surface area contributed by atoms with Gasteiger partial charge >= 0.3 is 0 Å². The average molecular weight is 371 g/mol. The maximum Gasteiger partial charge on any atom is 0.151 e. The normalized spacial score (nSPS) is 11.3. The van der Waals surface area contributed by atoms with Crippen LogP contribution in [0.1, 0.15) is 11.1 Å². The number of sulfone groups is 1. The lowest BCUT2D eigenvalue weighted by Crippen LogP contribution is -2.01. The number of hydrogen-bond donors (Lipinski definition) is 0. The van der Waals surface area contributed by atoms with Crippen LogP contribution in [0.4, 0.5) is 4.39 Å². The maximum atomic E-state index is 13.7. The van der Waals surface area contributed by atoms with Gasteiger partial charge in [0, 0.05) is 23.6 Å². The van der Waals surface area contributed by atoms with Crippen LogP contribution in [0.2, 0.25) is 0 Å². The number of hydrogen-bond acceptors (Lipinski definition) is 4. The zero-order valence-electron chi connectivity index (χ0n) is 14.2. The van der Waals surface area contributed by atoms with E-state index in [1.165, 1.54) is 12.3 Å². The highest BCUT2D eigenvalue weighted by Gasteiger charge is 2.07. The fourth-order valence-corrected chi connectivity index (χ4v) is 3.28. The predicted molar refractivity (Wildman–Crippen MR) is 99.0 cm³/mol. The van der Waals surface area contributed by atoms with Crippen molar-refractivity contribution in [3.63, 3.8) is 0 Å². The van der Waals surface area contributed by atoms with E-state index in [2.05, 4.69) is 4.98 Å². The van der Waals surface area contributed by atoms with Crippen LogP contribution in [0.15, 0.2) is 66.9 Å². The first-order valence-electron chi connectivity index (χ1n) is 8.00. The summed E-state index contributed by atoms with van der Waals surface area (Å²) in [6.07, 6.45) is 2.75. The van der Waals surface area contributed by atoms with Gasteiger partial charge in [0.25, 0.3) is 0 Å². The number of pyridine rings is 1. The Balaban J connectivity index is 1.74. The Labute approximate surface area is 152 Å². The van der Waals surface area contributed by atoms with Gasteiger partial charge in [0.2, 0.25) is 0 Å². The zero-order valence-corrected chi connectivity index (χ0v) is 15.0. The van der Waals surface area contributed by atoms with E-state index in [-0.39, 0.29) is 18.2 Å². The first-order valence-corrected chi connectivity index (χ1v) is 10.1. The smallest absolute Gasteiger partial charge is 0.151 e. The fourth-order valence-electron chi connectivity index (χ4n) is 2.51. The second-order valence-electron chi connectivity index (χ2n) is 6.03. The Morgan fingerprint density at radius 3 is 2.54 bits per heavy atom. The molecule has 0 N–H and O–H groups in total. The van der Waals surface area contributed by atoms with E-state index >= 15 is 0 Å². The van der Waals surface area contributed by atoms with E-state index in [0.717, 1.165) is 5.56 Å². The van der Waals surface area contributed by atoms with Crippen molar-refractivity contribution in [2.45, 2.75) is 12.4 Å². The standard InChI is InChI=1S/C20H18FNO3S/c1-26(23,24)14-15-9-10-20(22-12-15)16-6-4-7-18(11-16)25-13-17-5-2-3-8-19(17)21/h2-12H,13-14H2,1H3. The van der Waals surface area contributed by atoms with Crippen LogP contribution >= 0.6 is 0 Å². The summed E-state index contributed by atoms with van der Waals surface area (Å²) in [6.45, 7) is 0.136. The number of aromatic nitrogens is 1. The fraction of sp³-hybridized carbons (Fsp3) is 0.150. The molecule has 6 heteroatoms. The van der Waals surface area contributed by atoms with E-state index in [1.54, 1.807) is 42.6 Å². The van der Waals surface area contributed by atoms with Crippen LogP contribution in [-0.4, -0.2) is 19.7 Å². The number of benzene rings is 2. The highest BCUT2D eigenvalue weighted by atomic mass is 32.2. The lowest BCUT2D eigenvalue weighted by molar-refractivity contribution is 0.300. The molecule has 0 spiro atoms. The van der Waals surface area contributed by atoms with Gasteiger partial charge in [-0.1, -0.05) is 36.4 Å². The molecule has 26 heavy (non-hydrogen) atoms. The lowest BCUT2D eigenvalue weighted by atomic mass is 10.1. The van der Waals surface area contributed by atoms with Crippen LogP contribution < -0.4 is 4.74 Å². The van der Waals surface area contributed by atoms with Crippen LogP contribution in [0, 0.1) is 5.82 Å². The van der Waals surface area contributed by atoms with Crippen molar-refractivity contribution >= 4 is 9.84 Å². The topological polar surface area (TPSA) is 56.3 Å². The summed E-state index contributed by atoms with van der Waals surface area (Å²) in [6, 6.07) is 17.3. The molecule has 134 valence electrons. The molecule has 0 radical (unpaired) electrons.